The Kier molecular flexibility index (Phi) is 3.84. The zero-order chi connectivity index (χ0) is 13.1. The highest BCUT2D eigenvalue weighted by atomic mass is 16.4. The summed E-state index contributed by atoms with van der Waals surface area (Å²) in [5.41, 5.74) is 0. The van der Waals surface area contributed by atoms with Gasteiger partial charge in [-0.1, -0.05) is 6.42 Å². The van der Waals surface area contributed by atoms with Crippen LogP contribution >= 0.6 is 0 Å². The van der Waals surface area contributed by atoms with Crippen LogP contribution in [0.25, 0.3) is 0 Å². The molecule has 0 radical (unpaired) electrons. The molecule has 0 aromatic carbocycles. The lowest BCUT2D eigenvalue weighted by Crippen LogP contribution is -2.37. The summed E-state index contributed by atoms with van der Waals surface area (Å²) in [6.07, 6.45) is 2.68. The van der Waals surface area contributed by atoms with Crippen LogP contribution in [0.2, 0.25) is 0 Å². The number of rotatable bonds is 4. The van der Waals surface area contributed by atoms with Crippen molar-refractivity contribution in [1.82, 2.24) is 10.6 Å². The predicted molar refractivity (Wildman–Crippen MR) is 62.6 cm³/mol. The minimum atomic E-state index is -0.774. The first-order chi connectivity index (χ1) is 8.58. The molecule has 0 bridgehead atoms. The van der Waals surface area contributed by atoms with Crippen LogP contribution in [0.1, 0.15) is 25.7 Å². The molecule has 2 fully saturated rings. The first-order valence-corrected chi connectivity index (χ1v) is 6.35. The molecule has 2 amide bonds. The van der Waals surface area contributed by atoms with Gasteiger partial charge in [0.2, 0.25) is 11.8 Å². The lowest BCUT2D eigenvalue weighted by atomic mass is 9.96. The Hall–Kier alpha value is -1.59. The Morgan fingerprint density at radius 3 is 2.78 bits per heavy atom. The molecule has 0 aromatic heterocycles. The molecule has 1 saturated carbocycles. The van der Waals surface area contributed by atoms with Crippen LogP contribution < -0.4 is 10.6 Å². The number of carbonyl (C=O) groups is 3. The van der Waals surface area contributed by atoms with Crippen molar-refractivity contribution >= 4 is 17.8 Å². The molecule has 1 aliphatic heterocycles. The summed E-state index contributed by atoms with van der Waals surface area (Å²) in [5, 5.41) is 14.4. The maximum atomic E-state index is 11.8. The van der Waals surface area contributed by atoms with Crippen molar-refractivity contribution < 1.29 is 19.5 Å². The van der Waals surface area contributed by atoms with Crippen LogP contribution in [0.5, 0.6) is 0 Å². The van der Waals surface area contributed by atoms with Crippen molar-refractivity contribution in [2.24, 2.45) is 17.8 Å². The van der Waals surface area contributed by atoms with Crippen LogP contribution in [0.4, 0.5) is 0 Å². The third-order valence-electron chi connectivity index (χ3n) is 3.86. The van der Waals surface area contributed by atoms with Gasteiger partial charge in [-0.05, 0) is 18.8 Å². The highest BCUT2D eigenvalue weighted by molar-refractivity contribution is 5.89. The topological polar surface area (TPSA) is 95.5 Å². The van der Waals surface area contributed by atoms with Crippen molar-refractivity contribution in [1.29, 1.82) is 0 Å². The van der Waals surface area contributed by atoms with Crippen LogP contribution in [0.3, 0.4) is 0 Å². The highest BCUT2D eigenvalue weighted by Gasteiger charge is 2.34. The minimum absolute atomic E-state index is 0.0245. The lowest BCUT2D eigenvalue weighted by Gasteiger charge is -2.17. The number of aliphatic carboxylic acids is 1. The summed E-state index contributed by atoms with van der Waals surface area (Å²) < 4.78 is 0. The van der Waals surface area contributed by atoms with E-state index in [4.69, 9.17) is 5.11 Å². The first kappa shape index (κ1) is 12.9. The fourth-order valence-electron chi connectivity index (χ4n) is 2.77. The molecule has 100 valence electrons. The van der Waals surface area contributed by atoms with E-state index in [0.717, 1.165) is 12.8 Å². The van der Waals surface area contributed by atoms with E-state index in [1.165, 1.54) is 0 Å². The Labute approximate surface area is 105 Å². The fourth-order valence-corrected chi connectivity index (χ4v) is 2.77. The van der Waals surface area contributed by atoms with Crippen LogP contribution in [-0.2, 0) is 14.4 Å². The van der Waals surface area contributed by atoms with E-state index >= 15 is 0 Å². The second-order valence-electron chi connectivity index (χ2n) is 5.09. The van der Waals surface area contributed by atoms with Gasteiger partial charge in [-0.3, -0.25) is 14.4 Å². The van der Waals surface area contributed by atoms with Crippen molar-refractivity contribution in [2.75, 3.05) is 13.1 Å². The smallest absolute Gasteiger partial charge is 0.306 e. The molecule has 2 rings (SSSR count). The number of hydrogen-bond acceptors (Lipinski definition) is 3. The lowest BCUT2D eigenvalue weighted by molar-refractivity contribution is -0.143. The molecule has 6 heteroatoms. The van der Waals surface area contributed by atoms with E-state index in [2.05, 4.69) is 10.6 Å². The molecular formula is C12H18N2O4. The van der Waals surface area contributed by atoms with Gasteiger partial charge in [0.1, 0.15) is 0 Å². The number of nitrogens with one attached hydrogen (secondary N) is 2. The monoisotopic (exact) mass is 254 g/mol. The second-order valence-corrected chi connectivity index (χ2v) is 5.09. The zero-order valence-corrected chi connectivity index (χ0v) is 10.1. The van der Waals surface area contributed by atoms with Gasteiger partial charge in [-0.2, -0.15) is 0 Å². The summed E-state index contributed by atoms with van der Waals surface area (Å²) in [6, 6.07) is 0. The van der Waals surface area contributed by atoms with Crippen LogP contribution in [-0.4, -0.2) is 36.0 Å². The van der Waals surface area contributed by atoms with Gasteiger partial charge in [0.15, 0.2) is 0 Å². The number of carbonyl (C=O) groups excluding carboxylic acids is 2. The quantitative estimate of drug-likeness (QED) is 0.644. The molecule has 18 heavy (non-hydrogen) atoms. The first-order valence-electron chi connectivity index (χ1n) is 6.35. The zero-order valence-electron chi connectivity index (χ0n) is 10.1. The van der Waals surface area contributed by atoms with Crippen molar-refractivity contribution in [3.63, 3.8) is 0 Å². The van der Waals surface area contributed by atoms with E-state index in [1.807, 2.05) is 0 Å². The molecule has 1 heterocycles. The Morgan fingerprint density at radius 2 is 2.17 bits per heavy atom. The van der Waals surface area contributed by atoms with Gasteiger partial charge in [0.25, 0.3) is 0 Å². The maximum absolute atomic E-state index is 11.8. The molecule has 1 aliphatic carbocycles. The van der Waals surface area contributed by atoms with Gasteiger partial charge in [-0.15, -0.1) is 0 Å². The molecule has 2 aliphatic rings. The predicted octanol–water partition coefficient (Wildman–Crippen LogP) is -0.260. The SMILES string of the molecule is O=C1CC(C(=O)NCC2CCCC2C(=O)O)CN1. The largest absolute Gasteiger partial charge is 0.481 e. The normalized spacial score (nSPS) is 31.1. The Morgan fingerprint density at radius 1 is 1.39 bits per heavy atom. The summed E-state index contributed by atoms with van der Waals surface area (Å²) in [4.78, 5) is 33.8. The summed E-state index contributed by atoms with van der Waals surface area (Å²) in [6.45, 7) is 0.790. The van der Waals surface area contributed by atoms with Crippen molar-refractivity contribution in [3.05, 3.63) is 0 Å². The molecular weight excluding hydrogens is 236 g/mol. The standard InChI is InChI=1S/C12H18N2O4/c15-10-4-8(6-13-10)11(16)14-5-7-2-1-3-9(7)12(17)18/h7-9H,1-6H2,(H,13,15)(H,14,16)(H,17,18). The van der Waals surface area contributed by atoms with Crippen molar-refractivity contribution in [2.45, 2.75) is 25.7 Å². The Balaban J connectivity index is 1.79. The molecule has 0 spiro atoms. The van der Waals surface area contributed by atoms with Crippen molar-refractivity contribution in [3.8, 4) is 0 Å². The van der Waals surface area contributed by atoms with Gasteiger partial charge in [0, 0.05) is 19.5 Å². The Bertz CT molecular complexity index is 369. The maximum Gasteiger partial charge on any atom is 0.306 e. The highest BCUT2D eigenvalue weighted by Crippen LogP contribution is 2.31. The number of hydrogen-bond donors (Lipinski definition) is 3. The van der Waals surface area contributed by atoms with Gasteiger partial charge in [0.05, 0.1) is 11.8 Å². The average Bonchev–Trinajstić information content (AvgIpc) is 2.94. The molecule has 1 saturated heterocycles. The third kappa shape index (κ3) is 2.80. The number of carboxylic acids is 1. The van der Waals surface area contributed by atoms with Crippen LogP contribution in [0, 0.1) is 17.8 Å². The number of carboxylic acid groups (broad SMARTS) is 1. The molecule has 0 aromatic rings. The van der Waals surface area contributed by atoms with Crippen LogP contribution in [0.15, 0.2) is 0 Å². The molecule has 3 N–H and O–H groups in total. The van der Waals surface area contributed by atoms with Gasteiger partial charge >= 0.3 is 5.97 Å². The van der Waals surface area contributed by atoms with E-state index < -0.39 is 5.97 Å². The van der Waals surface area contributed by atoms with Gasteiger partial charge in [-0.25, -0.2) is 0 Å². The summed E-state index contributed by atoms with van der Waals surface area (Å²) in [5.74, 6) is -1.64. The molecule has 3 atom stereocenters. The van der Waals surface area contributed by atoms with E-state index in [1.54, 1.807) is 0 Å². The molecule has 3 unspecified atom stereocenters. The summed E-state index contributed by atoms with van der Waals surface area (Å²) >= 11 is 0. The third-order valence-corrected chi connectivity index (χ3v) is 3.86. The molecule has 6 nitrogen and oxygen atoms in total. The van der Waals surface area contributed by atoms with Gasteiger partial charge < -0.3 is 15.7 Å². The minimum Gasteiger partial charge on any atom is -0.481 e. The summed E-state index contributed by atoms with van der Waals surface area (Å²) in [7, 11) is 0. The number of amides is 2. The van der Waals surface area contributed by atoms with E-state index in [0.29, 0.717) is 19.5 Å². The fraction of sp³-hybridized carbons (Fsp3) is 0.750. The van der Waals surface area contributed by atoms with E-state index in [9.17, 15) is 14.4 Å². The average molecular weight is 254 g/mol. The second kappa shape index (κ2) is 5.37. The van der Waals surface area contributed by atoms with E-state index in [-0.39, 0.29) is 36.0 Å².